The first-order valence-electron chi connectivity index (χ1n) is 8.72. The Morgan fingerprint density at radius 1 is 1.11 bits per heavy atom. The fraction of sp³-hybridized carbons (Fsp3) is 0.143. The lowest BCUT2D eigenvalue weighted by Gasteiger charge is -2.06. The minimum Gasteiger partial charge on any atom is -0.490 e. The Kier molecular flexibility index (Phi) is 5.45. The number of rotatable bonds is 6. The van der Waals surface area contributed by atoms with E-state index in [1.54, 1.807) is 0 Å². The zero-order valence-corrected chi connectivity index (χ0v) is 17.5. The second kappa shape index (κ2) is 8.16. The number of para-hydroxylation sites is 1. The molecule has 0 saturated heterocycles. The molecule has 2 aromatic heterocycles. The number of halogens is 1. The van der Waals surface area contributed by atoms with Crippen molar-refractivity contribution in [3.8, 4) is 11.4 Å². The number of fused-ring (bicyclic) bond motifs is 1. The van der Waals surface area contributed by atoms with E-state index in [1.807, 2.05) is 72.3 Å². The summed E-state index contributed by atoms with van der Waals surface area (Å²) >= 11 is 4.76. The minimum atomic E-state index is -0.348. The number of hydrogen-bond acceptors (Lipinski definition) is 5. The van der Waals surface area contributed by atoms with E-state index in [-0.39, 0.29) is 12.6 Å². The van der Waals surface area contributed by atoms with Crippen molar-refractivity contribution in [2.75, 3.05) is 13.2 Å². The Morgan fingerprint density at radius 2 is 1.86 bits per heavy atom. The molecule has 0 spiro atoms. The van der Waals surface area contributed by atoms with Gasteiger partial charge in [0.1, 0.15) is 28.7 Å². The Labute approximate surface area is 174 Å². The molecule has 7 heteroatoms. The van der Waals surface area contributed by atoms with E-state index in [2.05, 4.69) is 21.0 Å². The van der Waals surface area contributed by atoms with Crippen LogP contribution in [0.4, 0.5) is 0 Å². The standard InChI is InChI=1S/C21H17BrN2O3S/c1-14-18-13-19(28-20(18)24(23-14)16-5-3-2-4-6-16)21(25)27-12-11-26-17-9-7-15(22)8-10-17/h2-10,13H,11-12H2,1H3. The Balaban J connectivity index is 1.42. The maximum Gasteiger partial charge on any atom is 0.348 e. The van der Waals surface area contributed by atoms with Crippen LogP contribution in [0.25, 0.3) is 15.9 Å². The van der Waals surface area contributed by atoms with Gasteiger partial charge in [-0.2, -0.15) is 5.10 Å². The number of thiophene rings is 1. The molecule has 0 aliphatic rings. The van der Waals surface area contributed by atoms with Gasteiger partial charge in [-0.3, -0.25) is 0 Å². The van der Waals surface area contributed by atoms with Gasteiger partial charge in [0.25, 0.3) is 0 Å². The molecule has 0 unspecified atom stereocenters. The average Bonchev–Trinajstić information content (AvgIpc) is 3.28. The molecule has 2 heterocycles. The predicted octanol–water partition coefficient (Wildman–Crippen LogP) is 5.39. The van der Waals surface area contributed by atoms with Gasteiger partial charge in [0, 0.05) is 9.86 Å². The molecular weight excluding hydrogens is 440 g/mol. The molecule has 0 aliphatic carbocycles. The fourth-order valence-corrected chi connectivity index (χ4v) is 4.13. The van der Waals surface area contributed by atoms with Crippen LogP contribution in [-0.2, 0) is 4.74 Å². The third-order valence-corrected chi connectivity index (χ3v) is 5.76. The summed E-state index contributed by atoms with van der Waals surface area (Å²) in [5.74, 6) is 0.388. The molecule has 0 amide bonds. The largest absolute Gasteiger partial charge is 0.490 e. The molecule has 142 valence electrons. The van der Waals surface area contributed by atoms with Crippen LogP contribution < -0.4 is 4.74 Å². The fourth-order valence-electron chi connectivity index (χ4n) is 2.79. The summed E-state index contributed by atoms with van der Waals surface area (Å²) < 4.78 is 13.8. The van der Waals surface area contributed by atoms with Gasteiger partial charge in [-0.05, 0) is 49.4 Å². The number of carbonyl (C=O) groups excluding carboxylic acids is 1. The molecule has 2 aromatic carbocycles. The van der Waals surface area contributed by atoms with E-state index < -0.39 is 0 Å². The normalized spacial score (nSPS) is 10.9. The molecule has 0 atom stereocenters. The first-order valence-corrected chi connectivity index (χ1v) is 10.3. The van der Waals surface area contributed by atoms with Gasteiger partial charge >= 0.3 is 5.97 Å². The zero-order chi connectivity index (χ0) is 19.5. The summed E-state index contributed by atoms with van der Waals surface area (Å²) in [5, 5.41) is 5.55. The van der Waals surface area contributed by atoms with Gasteiger partial charge in [-0.15, -0.1) is 11.3 Å². The number of esters is 1. The van der Waals surface area contributed by atoms with E-state index in [9.17, 15) is 4.79 Å². The number of aromatic nitrogens is 2. The van der Waals surface area contributed by atoms with E-state index in [0.717, 1.165) is 31.8 Å². The summed E-state index contributed by atoms with van der Waals surface area (Å²) in [6.07, 6.45) is 0. The molecule has 4 aromatic rings. The van der Waals surface area contributed by atoms with Crippen LogP contribution in [-0.4, -0.2) is 29.0 Å². The van der Waals surface area contributed by atoms with Crippen LogP contribution in [0.3, 0.4) is 0 Å². The van der Waals surface area contributed by atoms with E-state index >= 15 is 0 Å². The number of hydrogen-bond donors (Lipinski definition) is 0. The summed E-state index contributed by atoms with van der Waals surface area (Å²) in [7, 11) is 0. The zero-order valence-electron chi connectivity index (χ0n) is 15.1. The number of aryl methyl sites for hydroxylation is 1. The van der Waals surface area contributed by atoms with Crippen LogP contribution in [0.15, 0.2) is 65.1 Å². The average molecular weight is 457 g/mol. The number of ether oxygens (including phenoxy) is 2. The first kappa shape index (κ1) is 18.7. The van der Waals surface area contributed by atoms with Crippen LogP contribution in [0.1, 0.15) is 15.4 Å². The van der Waals surface area contributed by atoms with E-state index in [1.165, 1.54) is 11.3 Å². The van der Waals surface area contributed by atoms with Gasteiger partial charge in [0.05, 0.1) is 11.4 Å². The van der Waals surface area contributed by atoms with Gasteiger partial charge in [0.15, 0.2) is 0 Å². The Hall–Kier alpha value is -2.64. The lowest BCUT2D eigenvalue weighted by molar-refractivity contribution is 0.0456. The summed E-state index contributed by atoms with van der Waals surface area (Å²) in [4.78, 5) is 13.9. The first-order chi connectivity index (χ1) is 13.6. The van der Waals surface area contributed by atoms with Gasteiger partial charge < -0.3 is 9.47 Å². The third kappa shape index (κ3) is 3.95. The number of benzene rings is 2. The van der Waals surface area contributed by atoms with Crippen LogP contribution in [0.5, 0.6) is 5.75 Å². The van der Waals surface area contributed by atoms with Crippen molar-refractivity contribution in [2.45, 2.75) is 6.92 Å². The van der Waals surface area contributed by atoms with Crippen LogP contribution >= 0.6 is 27.3 Å². The van der Waals surface area contributed by atoms with Crippen molar-refractivity contribution >= 4 is 43.5 Å². The SMILES string of the molecule is Cc1nn(-c2ccccc2)c2sc(C(=O)OCCOc3ccc(Br)cc3)cc12. The van der Waals surface area contributed by atoms with Gasteiger partial charge in [-0.1, -0.05) is 34.1 Å². The highest BCUT2D eigenvalue weighted by Gasteiger charge is 2.18. The van der Waals surface area contributed by atoms with Gasteiger partial charge in [-0.25, -0.2) is 9.48 Å². The van der Waals surface area contributed by atoms with Crippen LogP contribution in [0, 0.1) is 6.92 Å². The van der Waals surface area contributed by atoms with Crippen molar-refractivity contribution in [1.82, 2.24) is 9.78 Å². The number of carbonyl (C=O) groups is 1. The molecule has 5 nitrogen and oxygen atoms in total. The monoisotopic (exact) mass is 456 g/mol. The lowest BCUT2D eigenvalue weighted by atomic mass is 10.3. The predicted molar refractivity (Wildman–Crippen MR) is 114 cm³/mol. The topological polar surface area (TPSA) is 53.4 Å². The van der Waals surface area contributed by atoms with Crippen molar-refractivity contribution in [1.29, 1.82) is 0 Å². The van der Waals surface area contributed by atoms with E-state index in [0.29, 0.717) is 11.5 Å². The van der Waals surface area contributed by atoms with Crippen molar-refractivity contribution in [2.24, 2.45) is 0 Å². The van der Waals surface area contributed by atoms with E-state index in [4.69, 9.17) is 9.47 Å². The van der Waals surface area contributed by atoms with Gasteiger partial charge in [0.2, 0.25) is 0 Å². The third-order valence-electron chi connectivity index (χ3n) is 4.15. The summed E-state index contributed by atoms with van der Waals surface area (Å²) in [6, 6.07) is 19.2. The molecule has 0 aliphatic heterocycles. The highest BCUT2D eigenvalue weighted by Crippen LogP contribution is 2.30. The highest BCUT2D eigenvalue weighted by molar-refractivity contribution is 9.10. The lowest BCUT2D eigenvalue weighted by Crippen LogP contribution is -2.11. The molecule has 0 fully saturated rings. The smallest absolute Gasteiger partial charge is 0.348 e. The Morgan fingerprint density at radius 3 is 2.61 bits per heavy atom. The second-order valence-corrected chi connectivity index (χ2v) is 8.05. The second-order valence-electron chi connectivity index (χ2n) is 6.10. The van der Waals surface area contributed by atoms with Crippen molar-refractivity contribution < 1.29 is 14.3 Å². The quantitative estimate of drug-likeness (QED) is 0.288. The number of nitrogens with zero attached hydrogens (tertiary/aromatic N) is 2. The van der Waals surface area contributed by atoms with Crippen molar-refractivity contribution in [3.05, 3.63) is 75.7 Å². The molecule has 28 heavy (non-hydrogen) atoms. The maximum atomic E-state index is 12.4. The molecule has 0 radical (unpaired) electrons. The Bertz CT molecular complexity index is 1100. The van der Waals surface area contributed by atoms with Crippen LogP contribution in [0.2, 0.25) is 0 Å². The maximum absolute atomic E-state index is 12.4. The highest BCUT2D eigenvalue weighted by atomic mass is 79.9. The summed E-state index contributed by atoms with van der Waals surface area (Å²) in [6.45, 7) is 2.43. The molecule has 0 saturated carbocycles. The summed E-state index contributed by atoms with van der Waals surface area (Å²) in [5.41, 5.74) is 1.85. The molecule has 0 bridgehead atoms. The molecule has 0 N–H and O–H groups in total. The van der Waals surface area contributed by atoms with Crippen molar-refractivity contribution in [3.63, 3.8) is 0 Å². The molecule has 4 rings (SSSR count). The minimum absolute atomic E-state index is 0.187. The molecular formula is C21H17BrN2O3S.